The minimum Gasteiger partial charge on any atom is -0.444 e. The van der Waals surface area contributed by atoms with E-state index in [9.17, 15) is 52.7 Å². The summed E-state index contributed by atoms with van der Waals surface area (Å²) in [5, 5.41) is 45.9. The van der Waals surface area contributed by atoms with Crippen LogP contribution < -0.4 is 43.0 Å². The fourth-order valence-electron chi connectivity index (χ4n) is 15.0. The van der Waals surface area contributed by atoms with E-state index in [1.165, 1.54) is 28.4 Å². The van der Waals surface area contributed by atoms with Gasteiger partial charge in [-0.15, -0.1) is 11.6 Å². The summed E-state index contributed by atoms with van der Waals surface area (Å²) >= 11 is 5.83. The van der Waals surface area contributed by atoms with E-state index in [4.69, 9.17) is 36.7 Å². The van der Waals surface area contributed by atoms with Gasteiger partial charge in [-0.1, -0.05) is 97.1 Å². The fraction of sp³-hybridized carbons (Fsp3) is 0.350. The Labute approximate surface area is 822 Å². The summed E-state index contributed by atoms with van der Waals surface area (Å²) in [6, 6.07) is 37.8. The quantitative estimate of drug-likeness (QED) is 0.0119. The first kappa shape index (κ1) is 106. The van der Waals surface area contributed by atoms with Crippen molar-refractivity contribution in [3.05, 3.63) is 305 Å². The van der Waals surface area contributed by atoms with Crippen molar-refractivity contribution in [2.75, 3.05) is 21.7 Å². The summed E-state index contributed by atoms with van der Waals surface area (Å²) in [7, 11) is 0. The smallest absolute Gasteiger partial charge is 0.413 e. The second-order valence-electron chi connectivity index (χ2n) is 37.2. The number of ether oxygens (including phenoxy) is 3. The van der Waals surface area contributed by atoms with Gasteiger partial charge in [0.25, 0.3) is 23.6 Å². The summed E-state index contributed by atoms with van der Waals surface area (Å²) in [5.41, 5.74) is 23.6. The molecule has 0 atom stereocenters. The highest BCUT2D eigenvalue weighted by atomic mass is 35.5. The predicted octanol–water partition coefficient (Wildman–Crippen LogP) is 14.6. The number of halogens is 1. The van der Waals surface area contributed by atoms with Gasteiger partial charge in [0, 0.05) is 105 Å². The number of benzene rings is 4. The number of aliphatic hydroxyl groups is 1. The number of aryl methyl sites for hydroxylation is 8. The molecule has 740 valence electrons. The molecule has 4 aromatic carbocycles. The first-order valence-corrected chi connectivity index (χ1v) is 46.3. The van der Waals surface area contributed by atoms with Crippen LogP contribution in [0.15, 0.2) is 171 Å². The largest absolute Gasteiger partial charge is 0.444 e. The molecule has 0 unspecified atom stereocenters. The lowest BCUT2D eigenvalue weighted by molar-refractivity contribution is -0.140. The van der Waals surface area contributed by atoms with E-state index < -0.39 is 35.1 Å². The van der Waals surface area contributed by atoms with E-state index in [1.807, 2.05) is 152 Å². The van der Waals surface area contributed by atoms with Crippen LogP contribution in [0.25, 0.3) is 0 Å². The normalized spacial score (nSPS) is 12.4. The zero-order valence-electron chi connectivity index (χ0n) is 82.4. The van der Waals surface area contributed by atoms with Crippen LogP contribution in [0.4, 0.5) is 37.7 Å². The fourth-order valence-corrected chi connectivity index (χ4v) is 15.2. The number of nitrogens with zero attached hydrogens (tertiary/aromatic N) is 14. The molecule has 2 aliphatic rings. The zero-order valence-corrected chi connectivity index (χ0v) is 83.1. The maximum atomic E-state index is 12.8. The highest BCUT2D eigenvalue weighted by Crippen LogP contribution is 2.26. The molecule has 14 rings (SSSR count). The van der Waals surface area contributed by atoms with Crippen LogP contribution in [0.2, 0.25) is 0 Å². The Morgan fingerprint density at radius 2 is 0.574 bits per heavy atom. The molecule has 0 spiro atoms. The number of hydrogen-bond acceptors (Lipinski definition) is 24. The Balaban J connectivity index is 0.000000180. The lowest BCUT2D eigenvalue weighted by Gasteiger charge is -2.20. The minimum absolute atomic E-state index is 0.00379. The molecule has 0 radical (unpaired) electrons. The van der Waals surface area contributed by atoms with Crippen LogP contribution in [0, 0.1) is 55.4 Å². The number of nitrogens with one attached hydrogen (secondary N) is 7. The number of rotatable bonds is 29. The average molecular weight is 1940 g/mol. The molecule has 10 heterocycles. The van der Waals surface area contributed by atoms with Crippen molar-refractivity contribution in [1.82, 2.24) is 90.1 Å². The first-order valence-electron chi connectivity index (χ1n) is 45.8. The Morgan fingerprint density at radius 1 is 0.348 bits per heavy atom. The predicted molar refractivity (Wildman–Crippen MR) is 530 cm³/mol. The van der Waals surface area contributed by atoms with Gasteiger partial charge in [0.2, 0.25) is 23.6 Å². The molecule has 12 aromatic rings. The third-order valence-corrected chi connectivity index (χ3v) is 22.5. The summed E-state index contributed by atoms with van der Waals surface area (Å²) in [4.78, 5) is 154. The molecule has 2 aliphatic heterocycles. The van der Waals surface area contributed by atoms with Gasteiger partial charge >= 0.3 is 18.3 Å². The number of amides is 11. The van der Waals surface area contributed by atoms with E-state index in [0.29, 0.717) is 134 Å². The number of nitrogens with two attached hydrogens (primary N) is 1. The number of aliphatic hydroxyl groups excluding tert-OH is 1. The van der Waals surface area contributed by atoms with Crippen molar-refractivity contribution in [3.63, 3.8) is 0 Å². The monoisotopic (exact) mass is 1940 g/mol. The molecule has 141 heavy (non-hydrogen) atoms. The summed E-state index contributed by atoms with van der Waals surface area (Å²) in [5.74, 6) is 0.665. The van der Waals surface area contributed by atoms with Gasteiger partial charge in [0.05, 0.1) is 92.9 Å². The number of aromatic nitrogens is 12. The van der Waals surface area contributed by atoms with Gasteiger partial charge in [-0.3, -0.25) is 82.8 Å². The number of alkyl halides is 1. The number of imide groups is 2. The molecular formula is C103H121ClN22O15. The second-order valence-corrected chi connectivity index (χ2v) is 37.5. The molecule has 37 nitrogen and oxygen atoms in total. The van der Waals surface area contributed by atoms with Crippen LogP contribution in [-0.2, 0) is 111 Å². The van der Waals surface area contributed by atoms with Gasteiger partial charge in [-0.2, -0.15) is 20.4 Å². The van der Waals surface area contributed by atoms with Crippen LogP contribution in [0.5, 0.6) is 0 Å². The number of pyridine rings is 4. The van der Waals surface area contributed by atoms with Crippen LogP contribution >= 0.6 is 11.6 Å². The van der Waals surface area contributed by atoms with Crippen LogP contribution in [0.1, 0.15) is 241 Å². The van der Waals surface area contributed by atoms with Crippen LogP contribution in [0.3, 0.4) is 0 Å². The molecule has 0 aliphatic carbocycles. The Hall–Kier alpha value is -15.7. The summed E-state index contributed by atoms with van der Waals surface area (Å²) in [6.07, 6.45) is 12.4. The molecule has 10 N–H and O–H groups in total. The van der Waals surface area contributed by atoms with Gasteiger partial charge in [-0.25, -0.2) is 34.3 Å². The Kier molecular flexibility index (Phi) is 35.7. The number of carbonyl (C=O) groups is 11. The topological polar surface area (TPSA) is 475 Å². The molecule has 2 saturated heterocycles. The highest BCUT2D eigenvalue weighted by molar-refractivity contribution is 6.17. The number of nitrogen functional groups attached to an aromatic ring is 1. The number of likely N-dealkylation sites (tertiary alicyclic amines) is 2. The molecule has 0 saturated carbocycles. The van der Waals surface area contributed by atoms with E-state index in [2.05, 4.69) is 77.5 Å². The zero-order chi connectivity index (χ0) is 102. The van der Waals surface area contributed by atoms with E-state index in [-0.39, 0.29) is 79.8 Å². The number of hydrogen-bond donors (Lipinski definition) is 9. The van der Waals surface area contributed by atoms with Crippen molar-refractivity contribution in [3.8, 4) is 0 Å². The van der Waals surface area contributed by atoms with Gasteiger partial charge in [0.1, 0.15) is 40.1 Å². The number of anilines is 4. The lowest BCUT2D eigenvalue weighted by Crippen LogP contribution is -2.28. The number of carbonyl (C=O) groups excluding carboxylic acids is 11. The third-order valence-electron chi connectivity index (χ3n) is 22.2. The molecule has 2 fully saturated rings. The molecule has 38 heteroatoms. The van der Waals surface area contributed by atoms with Gasteiger partial charge in [0.15, 0.2) is 0 Å². The van der Waals surface area contributed by atoms with Gasteiger partial charge < -0.3 is 46.3 Å². The highest BCUT2D eigenvalue weighted by Gasteiger charge is 2.31. The molecule has 11 amide bonds. The van der Waals surface area contributed by atoms with Crippen molar-refractivity contribution in [2.45, 2.75) is 238 Å². The summed E-state index contributed by atoms with van der Waals surface area (Å²) < 4.78 is 22.6. The van der Waals surface area contributed by atoms with Crippen molar-refractivity contribution in [2.24, 2.45) is 0 Å². The average Bonchev–Trinajstić information content (AvgIpc) is 1.80. The first-order chi connectivity index (χ1) is 66.7. The lowest BCUT2D eigenvalue weighted by atomic mass is 10.1. The van der Waals surface area contributed by atoms with E-state index in [0.717, 1.165) is 94.7 Å². The second kappa shape index (κ2) is 47.6. The van der Waals surface area contributed by atoms with Gasteiger partial charge in [-0.05, 0) is 231 Å². The van der Waals surface area contributed by atoms with Crippen molar-refractivity contribution in [1.29, 1.82) is 0 Å². The summed E-state index contributed by atoms with van der Waals surface area (Å²) in [6.45, 7) is 35.0. The molecule has 0 bridgehead atoms. The van der Waals surface area contributed by atoms with E-state index in [1.54, 1.807) is 136 Å². The SMILES string of the molecule is Cc1cc(N)nc(C)c1CNC(=O)c1cnn(Cc2ccc(CN3C(=O)CCC3=O)cc2)c1.Cc1cc(NC(=O)OC(C)(C)C)nc(C)c1CNC(=O)c1cnn(Cc2ccc(CCl)cc2)c1.Cc1cc(NC(=O)OC(C)(C)C)nc(C)c1CNC(=O)c1cnn(Cc2ccc(CN3C(=O)CCC3=O)cc2)c1.Cc1cc(NC(=O)OC(C)(C)C)nc(C)c1CNC(=O)c1cnn(Cc2ccc(CO)cc2)c1. The molecule has 8 aromatic heterocycles. The van der Waals surface area contributed by atoms with Crippen molar-refractivity contribution >= 4 is 100 Å². The minimum atomic E-state index is -0.616. The third kappa shape index (κ3) is 32.0. The Morgan fingerprint density at radius 3 is 0.801 bits per heavy atom. The standard InChI is InChI=1S/C29H34N6O5.C25H30ClN5O3.C25H31N5O4.C24H26N6O3/c1-18-12-24(33-28(39)40-29(3,4)5)32-19(2)23(18)14-30-27(38)22-13-31-34(17-22)15-20-6-8-21(9-7-20)16-35-25(36)10-11-26(35)37;1-16-10-22(30-24(33)34-25(3,4)5)29-17(2)21(16)13-27-23(32)20-12-28-31(15-20)14-19-8-6-18(11-26)7-9-19;1-16-10-22(29-24(33)34-25(3,4)5)28-17(2)21(16)12-26-23(32)20-11-27-30(14-20)13-18-6-8-19(15-31)9-7-18;1-15-9-21(25)28-16(2)20(15)11-26-24(33)19-10-27-29(14-19)12-17-3-5-18(6-4-17)13-30-22(31)7-8-23(30)32/h6-9,12-13,17H,10-11,14-16H2,1-5H3,(H,30,38)(H,32,33,39);6-10,12,15H,11,13-14H2,1-5H3,(H,27,32)(H,29,30,33);6-11,14,31H,12-13,15H2,1-5H3,(H,26,32)(H,28,29,33);3-6,9-10,14H,7-8,11-13H2,1-2H3,(H2,25,28)(H,26,33). The maximum absolute atomic E-state index is 12.8. The van der Waals surface area contributed by atoms with Crippen LogP contribution in [-0.4, -0.2) is 156 Å². The van der Waals surface area contributed by atoms with E-state index >= 15 is 0 Å². The molecular weight excluding hydrogens is 1820 g/mol. The van der Waals surface area contributed by atoms with Crippen molar-refractivity contribution < 1.29 is 72.1 Å². The maximum Gasteiger partial charge on any atom is 0.413 e. The Bertz CT molecular complexity index is 6230.